The standard InChI is InChI=1S/C21H18F3N3O2/c1-2-18-25-12-11-19(26-18)27-20(28)13-14-3-7-16(8-4-14)29-17-9-5-15(6-10-17)21(22,23)24/h3-12H,2,13H2,1H3,(H,25,26,27,28). The summed E-state index contributed by atoms with van der Waals surface area (Å²) >= 11 is 0. The van der Waals surface area contributed by atoms with Gasteiger partial charge in [0.1, 0.15) is 23.1 Å². The normalized spacial score (nSPS) is 11.2. The predicted octanol–water partition coefficient (Wildman–Crippen LogP) is 5.03. The first kappa shape index (κ1) is 20.3. The maximum atomic E-state index is 12.6. The van der Waals surface area contributed by atoms with Crippen molar-refractivity contribution in [3.05, 3.63) is 77.7 Å². The molecule has 2 aromatic carbocycles. The van der Waals surface area contributed by atoms with Gasteiger partial charge in [-0.05, 0) is 48.0 Å². The molecule has 0 aliphatic heterocycles. The summed E-state index contributed by atoms with van der Waals surface area (Å²) in [5.74, 6) is 1.62. The maximum absolute atomic E-state index is 12.6. The Labute approximate surface area is 165 Å². The minimum Gasteiger partial charge on any atom is -0.457 e. The quantitative estimate of drug-likeness (QED) is 0.629. The van der Waals surface area contributed by atoms with Crippen molar-refractivity contribution in [1.29, 1.82) is 0 Å². The predicted molar refractivity (Wildman–Crippen MR) is 102 cm³/mol. The second-order valence-corrected chi connectivity index (χ2v) is 6.20. The van der Waals surface area contributed by atoms with E-state index in [4.69, 9.17) is 4.74 Å². The number of hydrogen-bond acceptors (Lipinski definition) is 4. The first-order valence-electron chi connectivity index (χ1n) is 8.89. The van der Waals surface area contributed by atoms with Gasteiger partial charge in [0.25, 0.3) is 0 Å². The molecule has 150 valence electrons. The smallest absolute Gasteiger partial charge is 0.416 e. The summed E-state index contributed by atoms with van der Waals surface area (Å²) in [6.45, 7) is 1.93. The lowest BCUT2D eigenvalue weighted by molar-refractivity contribution is -0.137. The highest BCUT2D eigenvalue weighted by Gasteiger charge is 2.30. The molecule has 0 aliphatic carbocycles. The Bertz CT molecular complexity index is 972. The number of nitrogens with one attached hydrogen (secondary N) is 1. The van der Waals surface area contributed by atoms with Crippen molar-refractivity contribution < 1.29 is 22.7 Å². The zero-order chi connectivity index (χ0) is 20.9. The molecule has 0 radical (unpaired) electrons. The molecule has 0 atom stereocenters. The van der Waals surface area contributed by atoms with Gasteiger partial charge in [-0.3, -0.25) is 4.79 Å². The van der Waals surface area contributed by atoms with E-state index in [1.807, 2.05) is 6.92 Å². The second-order valence-electron chi connectivity index (χ2n) is 6.20. The number of aryl methyl sites for hydroxylation is 1. The lowest BCUT2D eigenvalue weighted by Crippen LogP contribution is -2.15. The van der Waals surface area contributed by atoms with Crippen molar-refractivity contribution in [2.45, 2.75) is 25.9 Å². The lowest BCUT2D eigenvalue weighted by atomic mass is 10.1. The first-order valence-corrected chi connectivity index (χ1v) is 8.89. The van der Waals surface area contributed by atoms with Gasteiger partial charge < -0.3 is 10.1 Å². The molecule has 0 aliphatic rings. The molecular formula is C21H18F3N3O2. The number of halogens is 3. The number of carbonyl (C=O) groups is 1. The monoisotopic (exact) mass is 401 g/mol. The Morgan fingerprint density at radius 2 is 1.62 bits per heavy atom. The van der Waals surface area contributed by atoms with E-state index in [-0.39, 0.29) is 12.3 Å². The third kappa shape index (κ3) is 5.78. The van der Waals surface area contributed by atoms with Crippen LogP contribution >= 0.6 is 0 Å². The fourth-order valence-electron chi connectivity index (χ4n) is 2.53. The highest BCUT2D eigenvalue weighted by Crippen LogP contribution is 2.31. The van der Waals surface area contributed by atoms with Crippen LogP contribution in [0.5, 0.6) is 11.5 Å². The molecule has 1 aromatic heterocycles. The molecule has 0 unspecified atom stereocenters. The Morgan fingerprint density at radius 3 is 2.21 bits per heavy atom. The SMILES string of the molecule is CCc1nccc(NC(=O)Cc2ccc(Oc3ccc(C(F)(F)F)cc3)cc2)n1. The van der Waals surface area contributed by atoms with E-state index >= 15 is 0 Å². The number of amides is 1. The highest BCUT2D eigenvalue weighted by atomic mass is 19.4. The van der Waals surface area contributed by atoms with Crippen molar-refractivity contribution in [3.63, 3.8) is 0 Å². The van der Waals surface area contributed by atoms with Gasteiger partial charge in [0.2, 0.25) is 5.91 Å². The molecule has 0 saturated carbocycles. The van der Waals surface area contributed by atoms with E-state index in [1.54, 1.807) is 36.5 Å². The largest absolute Gasteiger partial charge is 0.457 e. The number of aromatic nitrogens is 2. The molecule has 29 heavy (non-hydrogen) atoms. The number of nitrogens with zero attached hydrogens (tertiary/aromatic N) is 2. The number of carbonyl (C=O) groups excluding carboxylic acids is 1. The third-order valence-electron chi connectivity index (χ3n) is 3.99. The summed E-state index contributed by atoms with van der Waals surface area (Å²) in [6, 6.07) is 12.8. The van der Waals surface area contributed by atoms with E-state index < -0.39 is 11.7 Å². The number of rotatable bonds is 6. The fraction of sp³-hybridized carbons (Fsp3) is 0.190. The van der Waals surface area contributed by atoms with Gasteiger partial charge in [-0.1, -0.05) is 19.1 Å². The molecule has 0 bridgehead atoms. The van der Waals surface area contributed by atoms with Crippen molar-refractivity contribution in [2.75, 3.05) is 5.32 Å². The first-order chi connectivity index (χ1) is 13.8. The molecule has 1 heterocycles. The van der Waals surface area contributed by atoms with Gasteiger partial charge in [-0.15, -0.1) is 0 Å². The van der Waals surface area contributed by atoms with Gasteiger partial charge in [0.05, 0.1) is 12.0 Å². The fourth-order valence-corrected chi connectivity index (χ4v) is 2.53. The van der Waals surface area contributed by atoms with Crippen LogP contribution in [0, 0.1) is 0 Å². The second kappa shape index (κ2) is 8.72. The molecule has 3 rings (SSSR count). The van der Waals surface area contributed by atoms with Gasteiger partial charge in [-0.25, -0.2) is 9.97 Å². The summed E-state index contributed by atoms with van der Waals surface area (Å²) in [7, 11) is 0. The van der Waals surface area contributed by atoms with E-state index in [0.717, 1.165) is 17.7 Å². The van der Waals surface area contributed by atoms with Crippen LogP contribution in [0.2, 0.25) is 0 Å². The summed E-state index contributed by atoms with van der Waals surface area (Å²) in [4.78, 5) is 20.5. The Kier molecular flexibility index (Phi) is 6.11. The van der Waals surface area contributed by atoms with Gasteiger partial charge >= 0.3 is 6.18 Å². The summed E-state index contributed by atoms with van der Waals surface area (Å²) in [5, 5.41) is 2.72. The topological polar surface area (TPSA) is 64.1 Å². The Hall–Kier alpha value is -3.42. The summed E-state index contributed by atoms with van der Waals surface area (Å²) in [5.41, 5.74) is 0.0213. The van der Waals surface area contributed by atoms with Crippen LogP contribution in [-0.2, 0) is 23.8 Å². The van der Waals surface area contributed by atoms with E-state index in [2.05, 4.69) is 15.3 Å². The van der Waals surface area contributed by atoms with E-state index in [9.17, 15) is 18.0 Å². The van der Waals surface area contributed by atoms with Crippen LogP contribution in [0.4, 0.5) is 19.0 Å². The lowest BCUT2D eigenvalue weighted by Gasteiger charge is -2.10. The summed E-state index contributed by atoms with van der Waals surface area (Å²) < 4.78 is 43.3. The van der Waals surface area contributed by atoms with Crippen LogP contribution in [0.1, 0.15) is 23.9 Å². The molecule has 1 amide bonds. The van der Waals surface area contributed by atoms with Gasteiger partial charge in [0, 0.05) is 12.6 Å². The maximum Gasteiger partial charge on any atom is 0.416 e. The average molecular weight is 401 g/mol. The Morgan fingerprint density at radius 1 is 1.00 bits per heavy atom. The number of benzene rings is 2. The van der Waals surface area contributed by atoms with Crippen molar-refractivity contribution in [3.8, 4) is 11.5 Å². The number of anilines is 1. The number of hydrogen-bond donors (Lipinski definition) is 1. The molecule has 1 N–H and O–H groups in total. The average Bonchev–Trinajstić information content (AvgIpc) is 2.69. The van der Waals surface area contributed by atoms with Crippen LogP contribution < -0.4 is 10.1 Å². The van der Waals surface area contributed by atoms with E-state index in [0.29, 0.717) is 29.6 Å². The molecule has 3 aromatic rings. The molecule has 0 spiro atoms. The highest BCUT2D eigenvalue weighted by molar-refractivity contribution is 5.91. The Balaban J connectivity index is 1.57. The molecule has 0 fully saturated rings. The van der Waals surface area contributed by atoms with Gasteiger partial charge in [-0.2, -0.15) is 13.2 Å². The van der Waals surface area contributed by atoms with Crippen LogP contribution in [0.25, 0.3) is 0 Å². The van der Waals surface area contributed by atoms with E-state index in [1.165, 1.54) is 12.1 Å². The molecule has 8 heteroatoms. The zero-order valence-electron chi connectivity index (χ0n) is 15.5. The minimum atomic E-state index is -4.38. The third-order valence-corrected chi connectivity index (χ3v) is 3.99. The van der Waals surface area contributed by atoms with Crippen molar-refractivity contribution in [1.82, 2.24) is 9.97 Å². The van der Waals surface area contributed by atoms with Gasteiger partial charge in [0.15, 0.2) is 0 Å². The molecule has 5 nitrogen and oxygen atoms in total. The van der Waals surface area contributed by atoms with Crippen LogP contribution in [-0.4, -0.2) is 15.9 Å². The number of ether oxygens (including phenoxy) is 1. The molecular weight excluding hydrogens is 383 g/mol. The summed E-state index contributed by atoms with van der Waals surface area (Å²) in [6.07, 6.45) is -1.98. The zero-order valence-corrected chi connectivity index (χ0v) is 15.5. The minimum absolute atomic E-state index is 0.145. The molecule has 0 saturated heterocycles. The van der Waals surface area contributed by atoms with Crippen LogP contribution in [0.15, 0.2) is 60.8 Å². The van der Waals surface area contributed by atoms with Crippen molar-refractivity contribution >= 4 is 11.7 Å². The van der Waals surface area contributed by atoms with Crippen molar-refractivity contribution in [2.24, 2.45) is 0 Å². The number of alkyl halides is 3. The van der Waals surface area contributed by atoms with Crippen LogP contribution in [0.3, 0.4) is 0 Å².